The van der Waals surface area contributed by atoms with Crippen molar-refractivity contribution in [2.45, 2.75) is 17.2 Å². The predicted molar refractivity (Wildman–Crippen MR) is 73.0 cm³/mol. The van der Waals surface area contributed by atoms with Crippen LogP contribution in [0.2, 0.25) is 5.02 Å². The zero-order valence-corrected chi connectivity index (χ0v) is 11.6. The smallest absolute Gasteiger partial charge is 0.117 e. The average molecular weight is 284 g/mol. The van der Waals surface area contributed by atoms with Crippen LogP contribution >= 0.6 is 11.6 Å². The third-order valence-corrected chi connectivity index (χ3v) is 4.01. The Balaban J connectivity index is 2.04. The van der Waals surface area contributed by atoms with Gasteiger partial charge in [-0.2, -0.15) is 0 Å². The van der Waals surface area contributed by atoms with Crippen LogP contribution in [0.1, 0.15) is 11.5 Å². The maximum atomic E-state index is 12.1. The van der Waals surface area contributed by atoms with Crippen LogP contribution in [-0.2, 0) is 23.1 Å². The SMILES string of the molecule is CNCc1ccc(CS(=O)c2ccc(Cl)cc2)o1. The van der Waals surface area contributed by atoms with Crippen molar-refractivity contribution in [3.8, 4) is 0 Å². The summed E-state index contributed by atoms with van der Waals surface area (Å²) >= 11 is 5.79. The highest BCUT2D eigenvalue weighted by Crippen LogP contribution is 2.17. The van der Waals surface area contributed by atoms with Crippen LogP contribution in [0.3, 0.4) is 0 Å². The van der Waals surface area contributed by atoms with Crippen LogP contribution in [-0.4, -0.2) is 11.3 Å². The quantitative estimate of drug-likeness (QED) is 0.917. The maximum Gasteiger partial charge on any atom is 0.117 e. The van der Waals surface area contributed by atoms with Gasteiger partial charge in [-0.25, -0.2) is 0 Å². The lowest BCUT2D eigenvalue weighted by Crippen LogP contribution is -2.03. The average Bonchev–Trinajstić information content (AvgIpc) is 2.78. The summed E-state index contributed by atoms with van der Waals surface area (Å²) in [6.45, 7) is 0.674. The summed E-state index contributed by atoms with van der Waals surface area (Å²) in [5.41, 5.74) is 0. The Bertz CT molecular complexity index is 536. The van der Waals surface area contributed by atoms with Crippen LogP contribution in [0, 0.1) is 0 Å². The molecule has 1 unspecified atom stereocenters. The van der Waals surface area contributed by atoms with Crippen molar-refractivity contribution in [2.75, 3.05) is 7.05 Å². The van der Waals surface area contributed by atoms with Crippen molar-refractivity contribution >= 4 is 22.4 Å². The minimum atomic E-state index is -1.11. The molecule has 0 bridgehead atoms. The Morgan fingerprint density at radius 2 is 1.83 bits per heavy atom. The van der Waals surface area contributed by atoms with Gasteiger partial charge < -0.3 is 9.73 Å². The first-order valence-electron chi connectivity index (χ1n) is 5.55. The molecular weight excluding hydrogens is 270 g/mol. The molecule has 96 valence electrons. The van der Waals surface area contributed by atoms with Crippen molar-refractivity contribution in [3.63, 3.8) is 0 Å². The first-order chi connectivity index (χ1) is 8.69. The molecule has 0 saturated carbocycles. The van der Waals surface area contributed by atoms with Gasteiger partial charge in [0.05, 0.1) is 23.1 Å². The maximum absolute atomic E-state index is 12.1. The normalized spacial score (nSPS) is 12.6. The van der Waals surface area contributed by atoms with Crippen LogP contribution in [0.4, 0.5) is 0 Å². The van der Waals surface area contributed by atoms with Gasteiger partial charge in [0.2, 0.25) is 0 Å². The predicted octanol–water partition coefficient (Wildman–Crippen LogP) is 2.96. The van der Waals surface area contributed by atoms with Gasteiger partial charge in [0.15, 0.2) is 0 Å². The molecule has 1 aromatic carbocycles. The molecule has 1 atom stereocenters. The van der Waals surface area contributed by atoms with Gasteiger partial charge in [-0.15, -0.1) is 0 Å². The molecule has 18 heavy (non-hydrogen) atoms. The monoisotopic (exact) mass is 283 g/mol. The minimum absolute atomic E-state index is 0.380. The number of rotatable bonds is 5. The van der Waals surface area contributed by atoms with E-state index in [1.165, 1.54) is 0 Å². The number of hydrogen-bond donors (Lipinski definition) is 1. The van der Waals surface area contributed by atoms with Crippen LogP contribution in [0.15, 0.2) is 45.7 Å². The van der Waals surface area contributed by atoms with Gasteiger partial charge in [-0.1, -0.05) is 11.6 Å². The first kappa shape index (κ1) is 13.3. The molecule has 0 spiro atoms. The van der Waals surface area contributed by atoms with E-state index >= 15 is 0 Å². The van der Waals surface area contributed by atoms with Crippen molar-refractivity contribution in [3.05, 3.63) is 52.9 Å². The number of benzene rings is 1. The minimum Gasteiger partial charge on any atom is -0.464 e. The molecular formula is C13H14ClNO2S. The van der Waals surface area contributed by atoms with Gasteiger partial charge >= 0.3 is 0 Å². The number of hydrogen-bond acceptors (Lipinski definition) is 3. The molecule has 1 N–H and O–H groups in total. The van der Waals surface area contributed by atoms with E-state index < -0.39 is 10.8 Å². The fraction of sp³-hybridized carbons (Fsp3) is 0.231. The van der Waals surface area contributed by atoms with Gasteiger partial charge in [0.25, 0.3) is 0 Å². The van der Waals surface area contributed by atoms with Gasteiger partial charge in [-0.3, -0.25) is 4.21 Å². The van der Waals surface area contributed by atoms with Crippen molar-refractivity contribution in [1.29, 1.82) is 0 Å². The van der Waals surface area contributed by atoms with E-state index in [1.54, 1.807) is 24.3 Å². The number of halogens is 1. The third-order valence-electron chi connectivity index (χ3n) is 2.42. The van der Waals surface area contributed by atoms with Crippen LogP contribution < -0.4 is 5.32 Å². The van der Waals surface area contributed by atoms with Crippen LogP contribution in [0.25, 0.3) is 0 Å². The Hall–Kier alpha value is -1.10. The standard InChI is InChI=1S/C13H14ClNO2S/c1-15-8-11-4-5-12(17-11)9-18(16)13-6-2-10(14)3-7-13/h2-7,15H,8-9H2,1H3. The Morgan fingerprint density at radius 3 is 2.50 bits per heavy atom. The Morgan fingerprint density at radius 1 is 1.17 bits per heavy atom. The highest BCUT2D eigenvalue weighted by atomic mass is 35.5. The molecule has 0 aliphatic heterocycles. The van der Waals surface area contributed by atoms with Crippen molar-refractivity contribution in [2.24, 2.45) is 0 Å². The van der Waals surface area contributed by atoms with E-state index in [4.69, 9.17) is 16.0 Å². The second-order valence-corrected chi connectivity index (χ2v) is 5.73. The van der Waals surface area contributed by atoms with Crippen LogP contribution in [0.5, 0.6) is 0 Å². The highest BCUT2D eigenvalue weighted by Gasteiger charge is 2.08. The lowest BCUT2D eigenvalue weighted by Gasteiger charge is -2.00. The van der Waals surface area contributed by atoms with E-state index in [0.717, 1.165) is 16.4 Å². The largest absolute Gasteiger partial charge is 0.464 e. The molecule has 0 amide bonds. The molecule has 1 heterocycles. The van der Waals surface area contributed by atoms with E-state index in [-0.39, 0.29) is 0 Å². The van der Waals surface area contributed by atoms with Gasteiger partial charge in [0, 0.05) is 9.92 Å². The molecule has 0 aliphatic rings. The van der Waals surface area contributed by atoms with Crippen molar-refractivity contribution < 1.29 is 8.63 Å². The number of furan rings is 1. The lowest BCUT2D eigenvalue weighted by atomic mass is 10.4. The Labute approximate surface area is 114 Å². The second-order valence-electron chi connectivity index (χ2n) is 3.84. The highest BCUT2D eigenvalue weighted by molar-refractivity contribution is 7.84. The van der Waals surface area contributed by atoms with Gasteiger partial charge in [0.1, 0.15) is 11.5 Å². The summed E-state index contributed by atoms with van der Waals surface area (Å²) in [6, 6.07) is 10.8. The molecule has 3 nitrogen and oxygen atoms in total. The summed E-state index contributed by atoms with van der Waals surface area (Å²) in [5, 5.41) is 3.65. The zero-order chi connectivity index (χ0) is 13.0. The second kappa shape index (κ2) is 6.18. The molecule has 0 saturated heterocycles. The van der Waals surface area contributed by atoms with E-state index in [9.17, 15) is 4.21 Å². The summed E-state index contributed by atoms with van der Waals surface area (Å²) in [6.07, 6.45) is 0. The third kappa shape index (κ3) is 3.45. The molecule has 2 aromatic rings. The molecule has 0 aliphatic carbocycles. The fourth-order valence-electron chi connectivity index (χ4n) is 1.57. The molecule has 2 rings (SSSR count). The lowest BCUT2D eigenvalue weighted by molar-refractivity contribution is 0.467. The summed E-state index contributed by atoms with van der Waals surface area (Å²) in [5.74, 6) is 1.96. The van der Waals surface area contributed by atoms with E-state index in [0.29, 0.717) is 17.3 Å². The summed E-state index contributed by atoms with van der Waals surface area (Å²) in [4.78, 5) is 0.756. The van der Waals surface area contributed by atoms with Gasteiger partial charge in [-0.05, 0) is 43.4 Å². The summed E-state index contributed by atoms with van der Waals surface area (Å²) in [7, 11) is 0.749. The molecule has 1 aromatic heterocycles. The molecule has 5 heteroatoms. The zero-order valence-electron chi connectivity index (χ0n) is 9.98. The summed E-state index contributed by atoms with van der Waals surface area (Å²) < 4.78 is 17.6. The topological polar surface area (TPSA) is 42.2 Å². The molecule has 0 fully saturated rings. The first-order valence-corrected chi connectivity index (χ1v) is 7.25. The molecule has 0 radical (unpaired) electrons. The van der Waals surface area contributed by atoms with E-state index in [1.807, 2.05) is 19.2 Å². The van der Waals surface area contributed by atoms with Crippen molar-refractivity contribution in [1.82, 2.24) is 5.32 Å². The van der Waals surface area contributed by atoms with E-state index in [2.05, 4.69) is 5.32 Å². The fourth-order valence-corrected chi connectivity index (χ4v) is 2.71. The number of nitrogens with one attached hydrogen (secondary N) is 1. The Kier molecular flexibility index (Phi) is 4.58.